The molecule has 0 unspecified atom stereocenters. The molecule has 0 N–H and O–H groups in total. The Morgan fingerprint density at radius 3 is 2.64 bits per heavy atom. The van der Waals surface area contributed by atoms with Crippen molar-refractivity contribution in [2.45, 2.75) is 51.9 Å². The maximum atomic E-state index is 4.55. The van der Waals surface area contributed by atoms with Crippen LogP contribution in [0.3, 0.4) is 0 Å². The van der Waals surface area contributed by atoms with Crippen LogP contribution in [-0.4, -0.2) is 4.98 Å². The highest BCUT2D eigenvalue weighted by molar-refractivity contribution is 7.11. The van der Waals surface area contributed by atoms with E-state index in [1.807, 2.05) is 11.3 Å². The quantitative estimate of drug-likeness (QED) is 0.717. The Labute approximate surface area is 90.6 Å². The van der Waals surface area contributed by atoms with E-state index in [1.54, 1.807) is 0 Å². The van der Waals surface area contributed by atoms with Gasteiger partial charge >= 0.3 is 0 Å². The highest BCUT2D eigenvalue weighted by Gasteiger charge is 2.21. The lowest BCUT2D eigenvalue weighted by atomic mass is 9.83. The second-order valence-corrected chi connectivity index (χ2v) is 5.62. The normalized spacial score (nSPS) is 27.9. The predicted molar refractivity (Wildman–Crippen MR) is 61.9 cm³/mol. The van der Waals surface area contributed by atoms with Crippen LogP contribution in [0.5, 0.6) is 0 Å². The summed E-state index contributed by atoms with van der Waals surface area (Å²) >= 11 is 1.93. The Balaban J connectivity index is 2.01. The summed E-state index contributed by atoms with van der Waals surface area (Å²) in [5.74, 6) is 1.72. The lowest BCUT2D eigenvalue weighted by Gasteiger charge is -2.24. The van der Waals surface area contributed by atoms with Crippen molar-refractivity contribution in [3.8, 4) is 0 Å². The molecule has 0 aliphatic heterocycles. The van der Waals surface area contributed by atoms with Crippen LogP contribution in [0.25, 0.3) is 0 Å². The van der Waals surface area contributed by atoms with Gasteiger partial charge in [-0.2, -0.15) is 0 Å². The zero-order chi connectivity index (χ0) is 9.97. The highest BCUT2D eigenvalue weighted by atomic mass is 32.1. The van der Waals surface area contributed by atoms with Gasteiger partial charge in [0.05, 0.1) is 5.01 Å². The second kappa shape index (κ2) is 4.43. The van der Waals surface area contributed by atoms with E-state index in [9.17, 15) is 0 Å². The van der Waals surface area contributed by atoms with Gasteiger partial charge in [-0.05, 0) is 25.2 Å². The van der Waals surface area contributed by atoms with E-state index in [0.717, 1.165) is 18.3 Å². The summed E-state index contributed by atoms with van der Waals surface area (Å²) in [5.41, 5.74) is 0. The van der Waals surface area contributed by atoms with Gasteiger partial charge in [-0.15, -0.1) is 11.3 Å². The molecule has 1 nitrogen and oxygen atoms in total. The van der Waals surface area contributed by atoms with Crippen molar-refractivity contribution < 1.29 is 0 Å². The fraction of sp³-hybridized carbons (Fsp3) is 0.750. The Kier molecular flexibility index (Phi) is 3.22. The van der Waals surface area contributed by atoms with Crippen LogP contribution >= 0.6 is 11.3 Å². The Bertz CT molecular complexity index is 284. The third kappa shape index (κ3) is 2.17. The summed E-state index contributed by atoms with van der Waals surface area (Å²) in [6, 6.07) is 0. The van der Waals surface area contributed by atoms with Crippen molar-refractivity contribution in [1.29, 1.82) is 0 Å². The maximum Gasteiger partial charge on any atom is 0.0958 e. The molecular formula is C12H19NS. The highest BCUT2D eigenvalue weighted by Crippen LogP contribution is 2.37. The zero-order valence-electron chi connectivity index (χ0n) is 9.12. The topological polar surface area (TPSA) is 12.9 Å². The smallest absolute Gasteiger partial charge is 0.0958 e. The van der Waals surface area contributed by atoms with E-state index in [4.69, 9.17) is 0 Å². The molecule has 1 fully saturated rings. The molecule has 1 aliphatic carbocycles. The largest absolute Gasteiger partial charge is 0.249 e. The third-order valence-corrected chi connectivity index (χ3v) is 4.59. The first-order valence-electron chi connectivity index (χ1n) is 5.74. The minimum Gasteiger partial charge on any atom is -0.249 e. The molecule has 14 heavy (non-hydrogen) atoms. The summed E-state index contributed by atoms with van der Waals surface area (Å²) in [6.07, 6.45) is 8.71. The van der Waals surface area contributed by atoms with Gasteiger partial charge in [0.25, 0.3) is 0 Å². The van der Waals surface area contributed by atoms with Crippen LogP contribution in [0.4, 0.5) is 0 Å². The van der Waals surface area contributed by atoms with Crippen LogP contribution in [0, 0.1) is 5.92 Å². The molecule has 2 heteroatoms. The van der Waals surface area contributed by atoms with E-state index >= 15 is 0 Å². The molecule has 1 aromatic rings. The SMILES string of the molecule is CCc1cnc(C2CCC(C)CC2)s1. The molecule has 78 valence electrons. The molecule has 0 amide bonds. The van der Waals surface area contributed by atoms with Gasteiger partial charge in [0.1, 0.15) is 0 Å². The number of nitrogens with zero attached hydrogens (tertiary/aromatic N) is 1. The van der Waals surface area contributed by atoms with Crippen LogP contribution in [0.15, 0.2) is 6.20 Å². The van der Waals surface area contributed by atoms with Crippen molar-refractivity contribution in [1.82, 2.24) is 4.98 Å². The number of hydrogen-bond acceptors (Lipinski definition) is 2. The maximum absolute atomic E-state index is 4.55. The molecular weight excluding hydrogens is 190 g/mol. The second-order valence-electron chi connectivity index (χ2n) is 4.48. The first-order valence-corrected chi connectivity index (χ1v) is 6.55. The van der Waals surface area contributed by atoms with Gasteiger partial charge in [-0.1, -0.05) is 26.7 Å². The van der Waals surface area contributed by atoms with Crippen LogP contribution < -0.4 is 0 Å². The van der Waals surface area contributed by atoms with Gasteiger partial charge in [0, 0.05) is 17.0 Å². The monoisotopic (exact) mass is 209 g/mol. The summed E-state index contributed by atoms with van der Waals surface area (Å²) in [7, 11) is 0. The first-order chi connectivity index (χ1) is 6.79. The van der Waals surface area contributed by atoms with E-state index in [-0.39, 0.29) is 0 Å². The lowest BCUT2D eigenvalue weighted by molar-refractivity contribution is 0.347. The Morgan fingerprint density at radius 1 is 1.36 bits per heavy atom. The molecule has 1 aliphatic rings. The van der Waals surface area contributed by atoms with E-state index in [1.165, 1.54) is 35.6 Å². The molecule has 1 aromatic heterocycles. The number of hydrogen-bond donors (Lipinski definition) is 0. The third-order valence-electron chi connectivity index (χ3n) is 3.29. The summed E-state index contributed by atoms with van der Waals surface area (Å²) in [5, 5.41) is 1.40. The Morgan fingerprint density at radius 2 is 2.07 bits per heavy atom. The van der Waals surface area contributed by atoms with Gasteiger partial charge in [-0.25, -0.2) is 4.98 Å². The molecule has 0 bridgehead atoms. The van der Waals surface area contributed by atoms with Gasteiger partial charge < -0.3 is 0 Å². The predicted octanol–water partition coefficient (Wildman–Crippen LogP) is 4.00. The van der Waals surface area contributed by atoms with E-state index in [0.29, 0.717) is 0 Å². The number of aromatic nitrogens is 1. The van der Waals surface area contributed by atoms with Crippen molar-refractivity contribution in [2.75, 3.05) is 0 Å². The molecule has 0 radical (unpaired) electrons. The molecule has 0 spiro atoms. The molecule has 0 aromatic carbocycles. The Hall–Kier alpha value is -0.370. The molecule has 0 atom stereocenters. The summed E-state index contributed by atoms with van der Waals surface area (Å²) in [6.45, 7) is 4.58. The summed E-state index contributed by atoms with van der Waals surface area (Å²) in [4.78, 5) is 6.00. The minimum atomic E-state index is 0.775. The van der Waals surface area contributed by atoms with Crippen LogP contribution in [0.1, 0.15) is 55.3 Å². The van der Waals surface area contributed by atoms with E-state index < -0.39 is 0 Å². The van der Waals surface area contributed by atoms with Crippen LogP contribution in [-0.2, 0) is 6.42 Å². The molecule has 1 saturated carbocycles. The average Bonchev–Trinajstić information content (AvgIpc) is 2.67. The number of thiazole rings is 1. The first kappa shape index (κ1) is 10.2. The fourth-order valence-corrected chi connectivity index (χ4v) is 3.21. The fourth-order valence-electron chi connectivity index (χ4n) is 2.18. The van der Waals surface area contributed by atoms with Crippen molar-refractivity contribution in [2.24, 2.45) is 5.92 Å². The van der Waals surface area contributed by atoms with Gasteiger partial charge in [-0.3, -0.25) is 0 Å². The van der Waals surface area contributed by atoms with E-state index in [2.05, 4.69) is 25.0 Å². The standard InChI is InChI=1S/C12H19NS/c1-3-11-8-13-12(14-11)10-6-4-9(2)5-7-10/h8-10H,3-7H2,1-2H3. The zero-order valence-corrected chi connectivity index (χ0v) is 9.94. The van der Waals surface area contributed by atoms with Crippen molar-refractivity contribution in [3.63, 3.8) is 0 Å². The van der Waals surface area contributed by atoms with Crippen LogP contribution in [0.2, 0.25) is 0 Å². The van der Waals surface area contributed by atoms with Crippen molar-refractivity contribution >= 4 is 11.3 Å². The minimum absolute atomic E-state index is 0.775. The van der Waals surface area contributed by atoms with Gasteiger partial charge in [0.2, 0.25) is 0 Å². The number of aryl methyl sites for hydroxylation is 1. The molecule has 2 rings (SSSR count). The summed E-state index contributed by atoms with van der Waals surface area (Å²) < 4.78 is 0. The number of rotatable bonds is 2. The van der Waals surface area contributed by atoms with Gasteiger partial charge in [0.15, 0.2) is 0 Å². The lowest BCUT2D eigenvalue weighted by Crippen LogP contribution is -2.10. The molecule has 0 saturated heterocycles. The average molecular weight is 209 g/mol. The van der Waals surface area contributed by atoms with Crippen molar-refractivity contribution in [3.05, 3.63) is 16.1 Å². The molecule has 1 heterocycles.